The largest absolute Gasteiger partial charge is 0.482 e. The van der Waals surface area contributed by atoms with Gasteiger partial charge in [-0.05, 0) is 42.8 Å². The van der Waals surface area contributed by atoms with Crippen LogP contribution in [0.2, 0.25) is 10.0 Å². The molecule has 3 aromatic rings. The molecule has 1 unspecified atom stereocenters. The number of anilines is 1. The van der Waals surface area contributed by atoms with E-state index in [1.165, 1.54) is 12.1 Å². The van der Waals surface area contributed by atoms with E-state index < -0.39 is 11.9 Å². The summed E-state index contributed by atoms with van der Waals surface area (Å²) in [6.07, 6.45) is 0.927. The second-order valence-electron chi connectivity index (χ2n) is 5.82. The van der Waals surface area contributed by atoms with E-state index in [0.717, 1.165) is 11.1 Å². The average Bonchev–Trinajstić information content (AvgIpc) is 2.67. The van der Waals surface area contributed by atoms with Gasteiger partial charge in [-0.1, -0.05) is 35.3 Å². The van der Waals surface area contributed by atoms with Gasteiger partial charge in [0.25, 0.3) is 0 Å². The molecule has 0 aliphatic rings. The molecule has 0 aliphatic carbocycles. The minimum atomic E-state index is -0.662. The minimum Gasteiger partial charge on any atom is -0.482 e. The van der Waals surface area contributed by atoms with Crippen LogP contribution in [0.15, 0.2) is 48.7 Å². The van der Waals surface area contributed by atoms with Crippen molar-refractivity contribution in [3.63, 3.8) is 0 Å². The molecule has 7 heteroatoms. The van der Waals surface area contributed by atoms with Crippen LogP contribution in [0.25, 0.3) is 11.1 Å². The van der Waals surface area contributed by atoms with Crippen molar-refractivity contribution in [3.05, 3.63) is 75.7 Å². The molecule has 3 rings (SSSR count). The van der Waals surface area contributed by atoms with Gasteiger partial charge in [0.1, 0.15) is 11.9 Å². The summed E-state index contributed by atoms with van der Waals surface area (Å²) in [7, 11) is 0. The van der Waals surface area contributed by atoms with Gasteiger partial charge in [0, 0.05) is 22.3 Å². The number of benzene rings is 2. The normalized spacial score (nSPS) is 11.7. The monoisotopic (exact) mass is 401 g/mol. The number of rotatable bonds is 4. The third kappa shape index (κ3) is 3.97. The van der Waals surface area contributed by atoms with Crippen LogP contribution in [-0.4, -0.2) is 4.98 Å². The van der Waals surface area contributed by atoms with Crippen LogP contribution in [0.3, 0.4) is 0 Å². The van der Waals surface area contributed by atoms with Gasteiger partial charge in [-0.25, -0.2) is 9.37 Å². The van der Waals surface area contributed by atoms with E-state index >= 15 is 0 Å². The number of hydrogen-bond acceptors (Lipinski definition) is 4. The van der Waals surface area contributed by atoms with Gasteiger partial charge >= 0.3 is 0 Å². The van der Waals surface area contributed by atoms with E-state index in [0.29, 0.717) is 21.9 Å². The van der Waals surface area contributed by atoms with Crippen molar-refractivity contribution in [2.75, 3.05) is 5.73 Å². The molecule has 2 N–H and O–H groups in total. The SMILES string of the molecule is CC(Oc1cc(-c2cccc(C#N)c2)cnc1N)c1c(Cl)ccc(F)c1Cl. The van der Waals surface area contributed by atoms with Crippen molar-refractivity contribution >= 4 is 29.0 Å². The molecule has 0 amide bonds. The zero-order valence-electron chi connectivity index (χ0n) is 14.2. The lowest BCUT2D eigenvalue weighted by atomic mass is 10.0. The molecule has 0 saturated carbocycles. The van der Waals surface area contributed by atoms with Crippen LogP contribution in [0.4, 0.5) is 10.2 Å². The molecule has 1 aromatic heterocycles. The number of pyridine rings is 1. The maximum absolute atomic E-state index is 13.8. The number of nitriles is 1. The number of hydrogen-bond donors (Lipinski definition) is 1. The summed E-state index contributed by atoms with van der Waals surface area (Å²) in [6.45, 7) is 1.69. The Morgan fingerprint density at radius 1 is 1.19 bits per heavy atom. The van der Waals surface area contributed by atoms with Gasteiger partial charge in [0.05, 0.1) is 16.7 Å². The summed E-state index contributed by atoms with van der Waals surface area (Å²) in [4.78, 5) is 4.15. The molecule has 4 nitrogen and oxygen atoms in total. The highest BCUT2D eigenvalue weighted by Crippen LogP contribution is 2.36. The number of nitrogens with two attached hydrogens (primary N) is 1. The molecule has 0 saturated heterocycles. The standard InChI is InChI=1S/C20H14Cl2FN3O/c1-11(18-15(21)5-6-16(23)19(18)22)27-17-8-14(10-26-20(17)25)13-4-2-3-12(7-13)9-24/h2-8,10-11H,1H3,(H2,25,26). The second-order valence-corrected chi connectivity index (χ2v) is 6.60. The van der Waals surface area contributed by atoms with Crippen LogP contribution in [0.5, 0.6) is 5.75 Å². The Morgan fingerprint density at radius 3 is 2.70 bits per heavy atom. The lowest BCUT2D eigenvalue weighted by molar-refractivity contribution is 0.227. The first-order chi connectivity index (χ1) is 12.9. The minimum absolute atomic E-state index is 0.0978. The number of halogens is 3. The maximum atomic E-state index is 13.8. The third-order valence-electron chi connectivity index (χ3n) is 4.00. The Bertz CT molecular complexity index is 1050. The molecular weight excluding hydrogens is 388 g/mol. The smallest absolute Gasteiger partial charge is 0.166 e. The quantitative estimate of drug-likeness (QED) is 0.561. The summed E-state index contributed by atoms with van der Waals surface area (Å²) in [5.74, 6) is -0.107. The molecule has 1 atom stereocenters. The van der Waals surface area contributed by atoms with Crippen LogP contribution >= 0.6 is 23.2 Å². The molecule has 27 heavy (non-hydrogen) atoms. The second kappa shape index (κ2) is 7.83. The number of aromatic nitrogens is 1. The van der Waals surface area contributed by atoms with E-state index in [9.17, 15) is 4.39 Å². The van der Waals surface area contributed by atoms with Gasteiger partial charge in [-0.2, -0.15) is 5.26 Å². The summed E-state index contributed by atoms with van der Waals surface area (Å²) in [5.41, 5.74) is 8.30. The number of nitrogens with zero attached hydrogens (tertiary/aromatic N) is 2. The van der Waals surface area contributed by atoms with E-state index in [-0.39, 0.29) is 10.8 Å². The lowest BCUT2D eigenvalue weighted by Crippen LogP contribution is -2.08. The zero-order valence-corrected chi connectivity index (χ0v) is 15.7. The Morgan fingerprint density at radius 2 is 1.96 bits per heavy atom. The first-order valence-electron chi connectivity index (χ1n) is 7.96. The fourth-order valence-corrected chi connectivity index (χ4v) is 3.32. The molecular formula is C20H14Cl2FN3O. The van der Waals surface area contributed by atoms with Crippen molar-refractivity contribution in [2.45, 2.75) is 13.0 Å². The van der Waals surface area contributed by atoms with Crippen molar-refractivity contribution in [1.29, 1.82) is 5.26 Å². The van der Waals surface area contributed by atoms with Crippen LogP contribution < -0.4 is 10.5 Å². The fraction of sp³-hybridized carbons (Fsp3) is 0.100. The van der Waals surface area contributed by atoms with Gasteiger partial charge in [-0.15, -0.1) is 0 Å². The predicted molar refractivity (Wildman–Crippen MR) is 104 cm³/mol. The maximum Gasteiger partial charge on any atom is 0.166 e. The zero-order chi connectivity index (χ0) is 19.6. The molecule has 0 radical (unpaired) electrons. The van der Waals surface area contributed by atoms with E-state index in [1.54, 1.807) is 37.4 Å². The first-order valence-corrected chi connectivity index (χ1v) is 8.72. The van der Waals surface area contributed by atoms with Crippen LogP contribution in [-0.2, 0) is 0 Å². The molecule has 1 heterocycles. The average molecular weight is 402 g/mol. The van der Waals surface area contributed by atoms with Crippen LogP contribution in [0.1, 0.15) is 24.2 Å². The highest BCUT2D eigenvalue weighted by Gasteiger charge is 2.20. The lowest BCUT2D eigenvalue weighted by Gasteiger charge is -2.19. The Labute approximate surface area is 165 Å². The summed E-state index contributed by atoms with van der Waals surface area (Å²) in [5, 5.41) is 9.25. The van der Waals surface area contributed by atoms with Crippen molar-refractivity contribution in [3.8, 4) is 22.9 Å². The van der Waals surface area contributed by atoms with Gasteiger partial charge in [-0.3, -0.25) is 0 Å². The Hall–Kier alpha value is -2.81. The Kier molecular flexibility index (Phi) is 5.50. The number of ether oxygens (including phenoxy) is 1. The predicted octanol–water partition coefficient (Wildman–Crippen LogP) is 5.79. The summed E-state index contributed by atoms with van der Waals surface area (Å²) >= 11 is 12.2. The highest BCUT2D eigenvalue weighted by atomic mass is 35.5. The van der Waals surface area contributed by atoms with Gasteiger partial charge in [0.2, 0.25) is 0 Å². The Balaban J connectivity index is 1.96. The topological polar surface area (TPSA) is 71.9 Å². The fourth-order valence-electron chi connectivity index (χ4n) is 2.64. The number of nitrogen functional groups attached to an aromatic ring is 1. The van der Waals surface area contributed by atoms with Gasteiger partial charge in [0.15, 0.2) is 11.6 Å². The molecule has 2 aromatic carbocycles. The summed E-state index contributed by atoms with van der Waals surface area (Å²) < 4.78 is 19.7. The third-order valence-corrected chi connectivity index (χ3v) is 4.71. The molecule has 136 valence electrons. The van der Waals surface area contributed by atoms with Crippen LogP contribution in [0, 0.1) is 17.1 Å². The van der Waals surface area contributed by atoms with E-state index in [1.807, 2.05) is 6.07 Å². The van der Waals surface area contributed by atoms with Gasteiger partial charge < -0.3 is 10.5 Å². The first kappa shape index (κ1) is 19.0. The summed E-state index contributed by atoms with van der Waals surface area (Å²) in [6, 6.07) is 13.5. The van der Waals surface area contributed by atoms with E-state index in [4.69, 9.17) is 38.9 Å². The van der Waals surface area contributed by atoms with E-state index in [2.05, 4.69) is 11.1 Å². The van der Waals surface area contributed by atoms with Crippen molar-refractivity contribution in [2.24, 2.45) is 0 Å². The molecule has 0 fully saturated rings. The molecule has 0 bridgehead atoms. The highest BCUT2D eigenvalue weighted by molar-refractivity contribution is 6.36. The van der Waals surface area contributed by atoms with Crippen molar-refractivity contribution in [1.82, 2.24) is 4.98 Å². The molecule has 0 spiro atoms. The van der Waals surface area contributed by atoms with Crippen molar-refractivity contribution < 1.29 is 9.13 Å². The molecule has 0 aliphatic heterocycles.